The van der Waals surface area contributed by atoms with Crippen molar-refractivity contribution < 1.29 is 4.74 Å². The number of aryl methyl sites for hydroxylation is 1. The molecule has 2 aromatic heterocycles. The number of para-hydroxylation sites is 1. The van der Waals surface area contributed by atoms with E-state index in [9.17, 15) is 0 Å². The van der Waals surface area contributed by atoms with E-state index in [1.54, 1.807) is 17.1 Å². The molecule has 0 aliphatic heterocycles. The van der Waals surface area contributed by atoms with Crippen LogP contribution in [0.25, 0.3) is 10.9 Å². The lowest BCUT2D eigenvalue weighted by atomic mass is 10.1. The predicted octanol–water partition coefficient (Wildman–Crippen LogP) is 2.44. The lowest BCUT2D eigenvalue weighted by molar-refractivity contribution is 0.182. The number of nitrogens with two attached hydrogens (primary N) is 1. The molecule has 0 aliphatic rings. The standard InChI is InChI=1S/C16H18N4O/c1-11(17)16(13-9-19-20(2)10-13)21-14-7-3-5-12-6-4-8-18-15(12)14/h3-11,16H,17H2,1-2H3. The second-order valence-electron chi connectivity index (χ2n) is 5.18. The number of nitrogens with zero attached hydrogens (tertiary/aromatic N) is 3. The molecule has 2 heterocycles. The summed E-state index contributed by atoms with van der Waals surface area (Å²) in [6.07, 6.45) is 5.21. The van der Waals surface area contributed by atoms with E-state index in [0.717, 1.165) is 22.2 Å². The van der Waals surface area contributed by atoms with Gasteiger partial charge in [0.15, 0.2) is 0 Å². The molecule has 0 amide bonds. The van der Waals surface area contributed by atoms with E-state index in [0.29, 0.717) is 0 Å². The van der Waals surface area contributed by atoms with E-state index in [1.165, 1.54) is 0 Å². The van der Waals surface area contributed by atoms with Gasteiger partial charge in [-0.05, 0) is 19.1 Å². The van der Waals surface area contributed by atoms with Crippen molar-refractivity contribution in [2.45, 2.75) is 19.1 Å². The SMILES string of the molecule is CC(N)C(Oc1cccc2cccnc12)c1cnn(C)c1. The summed E-state index contributed by atoms with van der Waals surface area (Å²) in [7, 11) is 1.88. The highest BCUT2D eigenvalue weighted by Gasteiger charge is 2.21. The quantitative estimate of drug-likeness (QED) is 0.798. The summed E-state index contributed by atoms with van der Waals surface area (Å²) >= 11 is 0. The van der Waals surface area contributed by atoms with Gasteiger partial charge in [-0.2, -0.15) is 5.10 Å². The number of hydrogen-bond donors (Lipinski definition) is 1. The fraction of sp³-hybridized carbons (Fsp3) is 0.250. The summed E-state index contributed by atoms with van der Waals surface area (Å²) in [6, 6.07) is 9.66. The molecule has 5 nitrogen and oxygen atoms in total. The van der Waals surface area contributed by atoms with Gasteiger partial charge in [0, 0.05) is 36.4 Å². The number of ether oxygens (including phenoxy) is 1. The zero-order valence-electron chi connectivity index (χ0n) is 12.1. The Hall–Kier alpha value is -2.40. The van der Waals surface area contributed by atoms with E-state index in [-0.39, 0.29) is 12.1 Å². The summed E-state index contributed by atoms with van der Waals surface area (Å²) < 4.78 is 7.89. The largest absolute Gasteiger partial charge is 0.482 e. The van der Waals surface area contributed by atoms with Crippen LogP contribution >= 0.6 is 0 Å². The van der Waals surface area contributed by atoms with E-state index < -0.39 is 0 Å². The molecule has 108 valence electrons. The summed E-state index contributed by atoms with van der Waals surface area (Å²) in [6.45, 7) is 1.93. The maximum Gasteiger partial charge on any atom is 0.146 e. The zero-order chi connectivity index (χ0) is 14.8. The Morgan fingerprint density at radius 2 is 2.05 bits per heavy atom. The van der Waals surface area contributed by atoms with Crippen molar-refractivity contribution in [1.82, 2.24) is 14.8 Å². The van der Waals surface area contributed by atoms with Crippen molar-refractivity contribution in [3.63, 3.8) is 0 Å². The van der Waals surface area contributed by atoms with Crippen molar-refractivity contribution in [2.24, 2.45) is 12.8 Å². The van der Waals surface area contributed by atoms with Crippen LogP contribution in [0.4, 0.5) is 0 Å². The average molecular weight is 282 g/mol. The predicted molar refractivity (Wildman–Crippen MR) is 82.0 cm³/mol. The Kier molecular flexibility index (Phi) is 3.58. The Morgan fingerprint density at radius 1 is 1.24 bits per heavy atom. The van der Waals surface area contributed by atoms with Gasteiger partial charge < -0.3 is 10.5 Å². The lowest BCUT2D eigenvalue weighted by Crippen LogP contribution is -2.28. The molecule has 2 atom stereocenters. The number of fused-ring (bicyclic) bond motifs is 1. The van der Waals surface area contributed by atoms with E-state index in [2.05, 4.69) is 10.1 Å². The highest BCUT2D eigenvalue weighted by Crippen LogP contribution is 2.29. The van der Waals surface area contributed by atoms with Crippen molar-refractivity contribution in [2.75, 3.05) is 0 Å². The number of rotatable bonds is 4. The second kappa shape index (κ2) is 5.54. The molecule has 0 saturated heterocycles. The van der Waals surface area contributed by atoms with Crippen LogP contribution in [0.5, 0.6) is 5.75 Å². The second-order valence-corrected chi connectivity index (χ2v) is 5.18. The van der Waals surface area contributed by atoms with Gasteiger partial charge in [0.25, 0.3) is 0 Å². The zero-order valence-corrected chi connectivity index (χ0v) is 12.1. The Labute approximate surface area is 123 Å². The van der Waals surface area contributed by atoms with Gasteiger partial charge in [0.2, 0.25) is 0 Å². The van der Waals surface area contributed by atoms with E-state index in [4.69, 9.17) is 10.5 Å². The molecule has 0 spiro atoms. The van der Waals surface area contributed by atoms with Crippen molar-refractivity contribution >= 4 is 10.9 Å². The molecule has 2 N–H and O–H groups in total. The van der Waals surface area contributed by atoms with Crippen LogP contribution in [0.15, 0.2) is 48.9 Å². The smallest absolute Gasteiger partial charge is 0.146 e. The fourth-order valence-corrected chi connectivity index (χ4v) is 2.37. The maximum atomic E-state index is 6.15. The first-order valence-electron chi connectivity index (χ1n) is 6.89. The third-order valence-corrected chi connectivity index (χ3v) is 3.38. The molecule has 0 fully saturated rings. The van der Waals surface area contributed by atoms with Crippen LogP contribution in [0.3, 0.4) is 0 Å². The lowest BCUT2D eigenvalue weighted by Gasteiger charge is -2.22. The van der Waals surface area contributed by atoms with Crippen molar-refractivity contribution in [3.05, 3.63) is 54.5 Å². The fourth-order valence-electron chi connectivity index (χ4n) is 2.37. The minimum Gasteiger partial charge on any atom is -0.482 e. The number of benzene rings is 1. The molecule has 2 unspecified atom stereocenters. The highest BCUT2D eigenvalue weighted by atomic mass is 16.5. The highest BCUT2D eigenvalue weighted by molar-refractivity contribution is 5.84. The Bertz CT molecular complexity index is 745. The number of pyridine rings is 1. The minimum atomic E-state index is -0.258. The molecule has 3 rings (SSSR count). The first-order chi connectivity index (χ1) is 10.1. The Balaban J connectivity index is 1.99. The van der Waals surface area contributed by atoms with Crippen LogP contribution in [0.2, 0.25) is 0 Å². The van der Waals surface area contributed by atoms with Gasteiger partial charge >= 0.3 is 0 Å². The first kappa shape index (κ1) is 13.6. The van der Waals surface area contributed by atoms with Gasteiger partial charge in [-0.1, -0.05) is 18.2 Å². The third kappa shape index (κ3) is 2.73. The van der Waals surface area contributed by atoms with Gasteiger partial charge in [0.05, 0.1) is 6.20 Å². The van der Waals surface area contributed by atoms with E-state index in [1.807, 2.05) is 50.5 Å². The third-order valence-electron chi connectivity index (χ3n) is 3.38. The topological polar surface area (TPSA) is 66.0 Å². The van der Waals surface area contributed by atoms with Gasteiger partial charge in [-0.25, -0.2) is 0 Å². The van der Waals surface area contributed by atoms with Crippen LogP contribution in [0, 0.1) is 0 Å². The van der Waals surface area contributed by atoms with Gasteiger partial charge in [0.1, 0.15) is 17.4 Å². The number of aromatic nitrogens is 3. The average Bonchev–Trinajstić information content (AvgIpc) is 2.90. The van der Waals surface area contributed by atoms with Crippen molar-refractivity contribution in [3.8, 4) is 5.75 Å². The Morgan fingerprint density at radius 3 is 2.76 bits per heavy atom. The van der Waals surface area contributed by atoms with E-state index >= 15 is 0 Å². The van der Waals surface area contributed by atoms with Gasteiger partial charge in [-0.3, -0.25) is 9.67 Å². The van der Waals surface area contributed by atoms with Crippen LogP contribution in [-0.2, 0) is 7.05 Å². The molecule has 21 heavy (non-hydrogen) atoms. The molecular formula is C16H18N4O. The number of hydrogen-bond acceptors (Lipinski definition) is 4. The summed E-state index contributed by atoms with van der Waals surface area (Å²) in [5.74, 6) is 0.735. The molecule has 0 radical (unpaired) electrons. The van der Waals surface area contributed by atoms with Crippen LogP contribution in [-0.4, -0.2) is 20.8 Å². The van der Waals surface area contributed by atoms with Gasteiger partial charge in [-0.15, -0.1) is 0 Å². The summed E-state index contributed by atoms with van der Waals surface area (Å²) in [5, 5.41) is 5.24. The molecule has 3 aromatic rings. The first-order valence-corrected chi connectivity index (χ1v) is 6.89. The molecule has 0 bridgehead atoms. The monoisotopic (exact) mass is 282 g/mol. The molecule has 1 aromatic carbocycles. The molecule has 0 aliphatic carbocycles. The summed E-state index contributed by atoms with van der Waals surface area (Å²) in [5.41, 5.74) is 7.89. The maximum absolute atomic E-state index is 6.15. The van der Waals surface area contributed by atoms with Crippen LogP contribution in [0.1, 0.15) is 18.6 Å². The van der Waals surface area contributed by atoms with Crippen molar-refractivity contribution in [1.29, 1.82) is 0 Å². The normalized spacial score (nSPS) is 14.0. The molecular weight excluding hydrogens is 264 g/mol. The summed E-state index contributed by atoms with van der Waals surface area (Å²) in [4.78, 5) is 4.41. The van der Waals surface area contributed by atoms with Crippen LogP contribution < -0.4 is 10.5 Å². The molecule has 0 saturated carbocycles. The molecule has 5 heteroatoms. The minimum absolute atomic E-state index is 0.159.